The van der Waals surface area contributed by atoms with Gasteiger partial charge >= 0.3 is 0 Å². The summed E-state index contributed by atoms with van der Waals surface area (Å²) in [6.45, 7) is 0. The molecule has 0 aliphatic rings. The molecule has 0 atom stereocenters. The summed E-state index contributed by atoms with van der Waals surface area (Å²) in [7, 11) is 0. The van der Waals surface area contributed by atoms with Crippen molar-refractivity contribution in [2.24, 2.45) is 0 Å². The number of hydrogen-bond acceptors (Lipinski definition) is 2. The van der Waals surface area contributed by atoms with E-state index in [1.807, 2.05) is 12.1 Å². The maximum absolute atomic E-state index is 6.26. The van der Waals surface area contributed by atoms with E-state index in [1.54, 1.807) is 0 Å². The lowest BCUT2D eigenvalue weighted by atomic mass is 9.90. The second-order valence-electron chi connectivity index (χ2n) is 11.1. The van der Waals surface area contributed by atoms with Gasteiger partial charge in [0, 0.05) is 38.4 Å². The number of para-hydroxylation sites is 2. The average Bonchev–Trinajstić information content (AvgIpc) is 3.43. The van der Waals surface area contributed by atoms with Crippen LogP contribution in [0.2, 0.25) is 0 Å². The number of fused-ring (bicyclic) bond motifs is 3. The molecule has 1 aromatic heterocycles. The summed E-state index contributed by atoms with van der Waals surface area (Å²) >= 11 is 3.78. The minimum Gasteiger partial charge on any atom is -0.456 e. The van der Waals surface area contributed by atoms with Gasteiger partial charge in [-0.3, -0.25) is 0 Å². The van der Waals surface area contributed by atoms with Crippen LogP contribution < -0.4 is 4.90 Å². The predicted octanol–water partition coefficient (Wildman–Crippen LogP) is 12.4. The molecule has 0 N–H and O–H groups in total. The van der Waals surface area contributed by atoms with Gasteiger partial charge in [-0.25, -0.2) is 0 Å². The van der Waals surface area contributed by atoms with Gasteiger partial charge in [0.05, 0.1) is 0 Å². The Morgan fingerprint density at radius 1 is 0.442 bits per heavy atom. The lowest BCUT2D eigenvalue weighted by Gasteiger charge is -2.25. The molecule has 0 fully saturated rings. The number of hydrogen-bond donors (Lipinski definition) is 0. The topological polar surface area (TPSA) is 16.4 Å². The minimum atomic E-state index is 0.886. The van der Waals surface area contributed by atoms with Crippen LogP contribution in [0.5, 0.6) is 0 Å². The third-order valence-electron chi connectivity index (χ3n) is 8.68. The highest BCUT2D eigenvalue weighted by Gasteiger charge is 2.17. The molecule has 0 saturated heterocycles. The van der Waals surface area contributed by atoms with E-state index in [2.05, 4.69) is 154 Å². The fourth-order valence-electron chi connectivity index (χ4n) is 6.69. The lowest BCUT2D eigenvalue weighted by molar-refractivity contribution is 0.669. The number of nitrogens with zero attached hydrogens (tertiary/aromatic N) is 1. The first-order valence-electron chi connectivity index (χ1n) is 14.5. The van der Waals surface area contributed by atoms with Gasteiger partial charge in [0.2, 0.25) is 0 Å². The van der Waals surface area contributed by atoms with Crippen molar-refractivity contribution < 1.29 is 4.42 Å². The zero-order valence-electron chi connectivity index (χ0n) is 23.1. The second-order valence-corrected chi connectivity index (χ2v) is 11.9. The highest BCUT2D eigenvalue weighted by molar-refractivity contribution is 9.10. The Balaban J connectivity index is 1.18. The maximum atomic E-state index is 6.26. The number of halogens is 1. The first kappa shape index (κ1) is 24.5. The summed E-state index contributed by atoms with van der Waals surface area (Å²) in [5.74, 6) is 0. The SMILES string of the molecule is Brc1ccc2ccc3c(-c4ccc(N(c5ccccc5)c5ccc6c(c5)oc5ccccc56)cc4)ccc4ccc1c2c43. The van der Waals surface area contributed by atoms with Gasteiger partial charge in [-0.1, -0.05) is 107 Å². The monoisotopic (exact) mass is 613 g/mol. The Bertz CT molecular complexity index is 2460. The fraction of sp³-hybridized carbons (Fsp3) is 0. The number of anilines is 3. The molecule has 0 saturated carbocycles. The predicted molar refractivity (Wildman–Crippen MR) is 185 cm³/mol. The van der Waals surface area contributed by atoms with Crippen LogP contribution in [0, 0.1) is 0 Å². The molecule has 0 bridgehead atoms. The van der Waals surface area contributed by atoms with Crippen molar-refractivity contribution in [2.45, 2.75) is 0 Å². The van der Waals surface area contributed by atoms with Crippen molar-refractivity contribution in [3.05, 3.63) is 150 Å². The van der Waals surface area contributed by atoms with Gasteiger partial charge in [-0.15, -0.1) is 0 Å². The van der Waals surface area contributed by atoms with Crippen LogP contribution in [0.3, 0.4) is 0 Å². The van der Waals surface area contributed by atoms with Crippen LogP contribution in [0.4, 0.5) is 17.1 Å². The van der Waals surface area contributed by atoms with Crippen LogP contribution in [0.1, 0.15) is 0 Å². The summed E-state index contributed by atoms with van der Waals surface area (Å²) in [5, 5.41) is 9.97. The maximum Gasteiger partial charge on any atom is 0.137 e. The highest BCUT2D eigenvalue weighted by atomic mass is 79.9. The molecule has 0 radical (unpaired) electrons. The molecule has 1 heterocycles. The molecule has 2 nitrogen and oxygen atoms in total. The Morgan fingerprint density at radius 2 is 1.05 bits per heavy atom. The van der Waals surface area contributed by atoms with Crippen molar-refractivity contribution in [1.29, 1.82) is 0 Å². The molecule has 0 spiro atoms. The average molecular weight is 615 g/mol. The molecule has 0 aliphatic carbocycles. The van der Waals surface area contributed by atoms with Crippen LogP contribution in [0.15, 0.2) is 154 Å². The van der Waals surface area contributed by atoms with Crippen molar-refractivity contribution in [2.75, 3.05) is 4.90 Å². The molecule has 202 valence electrons. The largest absolute Gasteiger partial charge is 0.456 e. The van der Waals surface area contributed by atoms with Crippen molar-refractivity contribution in [1.82, 2.24) is 0 Å². The number of furan rings is 1. The van der Waals surface area contributed by atoms with E-state index in [0.717, 1.165) is 43.5 Å². The number of rotatable bonds is 4. The van der Waals surface area contributed by atoms with Gasteiger partial charge in [-0.05, 0) is 92.0 Å². The summed E-state index contributed by atoms with van der Waals surface area (Å²) in [5.41, 5.74) is 7.47. The van der Waals surface area contributed by atoms with E-state index in [9.17, 15) is 0 Å². The van der Waals surface area contributed by atoms with Crippen molar-refractivity contribution in [3.63, 3.8) is 0 Å². The summed E-state index contributed by atoms with van der Waals surface area (Å²) < 4.78 is 7.39. The van der Waals surface area contributed by atoms with E-state index < -0.39 is 0 Å². The van der Waals surface area contributed by atoms with E-state index in [1.165, 1.54) is 43.4 Å². The standard InChI is InChI=1S/C40H24BrNO/c41-36-23-15-27-13-20-34-31(19-12-26-14-21-35(36)40(27)39(26)34)25-10-16-29(17-11-25)42(28-6-2-1-3-7-28)30-18-22-33-32-8-4-5-9-37(32)43-38(33)24-30/h1-24H. The normalized spacial score (nSPS) is 11.8. The van der Waals surface area contributed by atoms with Gasteiger partial charge in [-0.2, -0.15) is 0 Å². The van der Waals surface area contributed by atoms with Gasteiger partial charge < -0.3 is 9.32 Å². The third kappa shape index (κ3) is 3.78. The molecule has 0 unspecified atom stereocenters. The van der Waals surface area contributed by atoms with Crippen LogP contribution in [-0.2, 0) is 0 Å². The Kier molecular flexibility index (Phi) is 5.38. The molecule has 9 rings (SSSR count). The summed E-state index contributed by atoms with van der Waals surface area (Å²) in [6.07, 6.45) is 0. The molecular formula is C40H24BrNO. The zero-order valence-corrected chi connectivity index (χ0v) is 24.7. The molecule has 43 heavy (non-hydrogen) atoms. The second kappa shape index (κ2) is 9.45. The summed E-state index contributed by atoms with van der Waals surface area (Å²) in [6, 6.07) is 52.0. The molecule has 0 aliphatic heterocycles. The van der Waals surface area contributed by atoms with Crippen LogP contribution >= 0.6 is 15.9 Å². The first-order valence-corrected chi connectivity index (χ1v) is 15.3. The van der Waals surface area contributed by atoms with Crippen molar-refractivity contribution >= 4 is 87.2 Å². The molecule has 0 amide bonds. The molecule has 8 aromatic carbocycles. The minimum absolute atomic E-state index is 0.886. The zero-order chi connectivity index (χ0) is 28.5. The third-order valence-corrected chi connectivity index (χ3v) is 9.37. The van der Waals surface area contributed by atoms with Crippen LogP contribution in [-0.4, -0.2) is 0 Å². The smallest absolute Gasteiger partial charge is 0.137 e. The van der Waals surface area contributed by atoms with Gasteiger partial charge in [0.1, 0.15) is 11.2 Å². The van der Waals surface area contributed by atoms with E-state index in [4.69, 9.17) is 4.42 Å². The molecule has 3 heteroatoms. The fourth-order valence-corrected chi connectivity index (χ4v) is 7.15. The Labute approximate surface area is 256 Å². The van der Waals surface area contributed by atoms with Gasteiger partial charge in [0.15, 0.2) is 0 Å². The molecule has 9 aromatic rings. The molecular weight excluding hydrogens is 590 g/mol. The quantitative estimate of drug-likeness (QED) is 0.183. The Morgan fingerprint density at radius 3 is 1.88 bits per heavy atom. The van der Waals surface area contributed by atoms with Crippen LogP contribution in [0.25, 0.3) is 65.4 Å². The van der Waals surface area contributed by atoms with E-state index >= 15 is 0 Å². The van der Waals surface area contributed by atoms with E-state index in [-0.39, 0.29) is 0 Å². The highest BCUT2D eigenvalue weighted by Crippen LogP contribution is 2.43. The summed E-state index contributed by atoms with van der Waals surface area (Å²) in [4.78, 5) is 2.29. The first-order chi connectivity index (χ1) is 21.2. The van der Waals surface area contributed by atoms with E-state index in [0.29, 0.717) is 0 Å². The van der Waals surface area contributed by atoms with Crippen molar-refractivity contribution in [3.8, 4) is 11.1 Å². The van der Waals surface area contributed by atoms with Gasteiger partial charge in [0.25, 0.3) is 0 Å². The lowest BCUT2D eigenvalue weighted by Crippen LogP contribution is -2.09. The number of benzene rings is 8. The Hall–Kier alpha value is -5.12.